The van der Waals surface area contributed by atoms with Crippen LogP contribution in [0.4, 0.5) is 0 Å². The van der Waals surface area contributed by atoms with Crippen LogP contribution >= 0.6 is 15.9 Å². The third-order valence-electron chi connectivity index (χ3n) is 8.69. The normalized spacial score (nSPS) is 18.8. The second-order valence-electron chi connectivity index (χ2n) is 10.7. The van der Waals surface area contributed by atoms with Gasteiger partial charge in [-0.05, 0) is 51.6 Å². The molecule has 1 atom stereocenters. The molecule has 0 amide bonds. The lowest BCUT2D eigenvalue weighted by molar-refractivity contribution is 0.553. The zero-order chi connectivity index (χ0) is 24.2. The minimum atomic E-state index is -0.411. The number of halogens is 1. The first-order valence-electron chi connectivity index (χ1n) is 12.6. The molecule has 1 unspecified atom stereocenters. The molecule has 0 N–H and O–H groups in total. The van der Waals surface area contributed by atoms with E-state index in [0.29, 0.717) is 0 Å². The molecule has 1 aliphatic carbocycles. The van der Waals surface area contributed by atoms with Crippen molar-refractivity contribution in [3.8, 4) is 5.69 Å². The summed E-state index contributed by atoms with van der Waals surface area (Å²) in [6, 6.07) is 40.7. The Kier molecular flexibility index (Phi) is 3.87. The maximum atomic E-state index is 3.99. The standard InChI is InChI=1S/C34H24BrN/c1-33(2)23-13-4-5-14-24(23)34(26-16-10-18-28(35)31(26)33)25-15-6-8-20-30(25)36-29-19-7-3-11-21(29)22-12-9-17-27(34)32(22)36/h3-20H,1-2H3. The van der Waals surface area contributed by atoms with E-state index < -0.39 is 5.41 Å². The van der Waals surface area contributed by atoms with Crippen LogP contribution in [0, 0.1) is 0 Å². The van der Waals surface area contributed by atoms with Crippen molar-refractivity contribution < 1.29 is 0 Å². The topological polar surface area (TPSA) is 4.93 Å². The van der Waals surface area contributed by atoms with Gasteiger partial charge in [-0.1, -0.05) is 121 Å². The van der Waals surface area contributed by atoms with E-state index in [1.54, 1.807) is 0 Å². The Bertz CT molecular complexity index is 1890. The Labute approximate surface area is 219 Å². The molecule has 1 spiro atoms. The van der Waals surface area contributed by atoms with Gasteiger partial charge >= 0.3 is 0 Å². The SMILES string of the molecule is CC1(C)c2ccccc2C2(c3ccccc3-n3c4ccccc4c4cccc2c43)c2cccc(Br)c21. The summed E-state index contributed by atoms with van der Waals surface area (Å²) in [5, 5.41) is 2.62. The molecule has 0 radical (unpaired) electrons. The second kappa shape index (κ2) is 6.78. The molecule has 5 aromatic carbocycles. The summed E-state index contributed by atoms with van der Waals surface area (Å²) in [6.07, 6.45) is 0. The fraction of sp³-hybridized carbons (Fsp3) is 0.118. The van der Waals surface area contributed by atoms with Gasteiger partial charge in [-0.3, -0.25) is 0 Å². The molecule has 0 saturated heterocycles. The fourth-order valence-corrected chi connectivity index (χ4v) is 8.25. The molecule has 36 heavy (non-hydrogen) atoms. The Morgan fingerprint density at radius 2 is 1.17 bits per heavy atom. The minimum Gasteiger partial charge on any atom is -0.309 e. The Balaban J connectivity index is 1.70. The zero-order valence-corrected chi connectivity index (χ0v) is 21.8. The van der Waals surface area contributed by atoms with Gasteiger partial charge in [-0.25, -0.2) is 0 Å². The van der Waals surface area contributed by atoms with Crippen molar-refractivity contribution >= 4 is 37.7 Å². The van der Waals surface area contributed by atoms with Crippen LogP contribution in [0.25, 0.3) is 27.5 Å². The van der Waals surface area contributed by atoms with E-state index in [-0.39, 0.29) is 5.41 Å². The number of hydrogen-bond acceptors (Lipinski definition) is 0. The maximum absolute atomic E-state index is 3.99. The van der Waals surface area contributed by atoms with E-state index >= 15 is 0 Å². The second-order valence-corrected chi connectivity index (χ2v) is 11.5. The van der Waals surface area contributed by atoms with Crippen molar-refractivity contribution in [2.45, 2.75) is 24.7 Å². The van der Waals surface area contributed by atoms with Gasteiger partial charge in [0.15, 0.2) is 0 Å². The monoisotopic (exact) mass is 525 g/mol. The van der Waals surface area contributed by atoms with Crippen LogP contribution in [0.5, 0.6) is 0 Å². The van der Waals surface area contributed by atoms with Gasteiger partial charge in [0.25, 0.3) is 0 Å². The number of benzene rings is 5. The molecule has 1 nitrogen and oxygen atoms in total. The first-order valence-corrected chi connectivity index (χ1v) is 13.4. The lowest BCUT2D eigenvalue weighted by Crippen LogP contribution is -2.44. The van der Waals surface area contributed by atoms with Crippen molar-refractivity contribution in [2.75, 3.05) is 0 Å². The zero-order valence-electron chi connectivity index (χ0n) is 20.2. The molecular weight excluding hydrogens is 502 g/mol. The van der Waals surface area contributed by atoms with Crippen LogP contribution in [-0.4, -0.2) is 4.57 Å². The molecule has 8 rings (SSSR count). The molecule has 0 fully saturated rings. The van der Waals surface area contributed by atoms with Crippen molar-refractivity contribution in [3.05, 3.63) is 147 Å². The number of hydrogen-bond donors (Lipinski definition) is 0. The Morgan fingerprint density at radius 3 is 2.03 bits per heavy atom. The van der Waals surface area contributed by atoms with Crippen molar-refractivity contribution in [1.82, 2.24) is 4.57 Å². The molecule has 1 aliphatic heterocycles. The average molecular weight is 526 g/mol. The lowest BCUT2D eigenvalue weighted by atomic mass is 9.53. The van der Waals surface area contributed by atoms with Crippen LogP contribution in [0.15, 0.2) is 114 Å². The van der Waals surface area contributed by atoms with E-state index in [0.717, 1.165) is 0 Å². The highest BCUT2D eigenvalue weighted by Gasteiger charge is 2.52. The number of fused-ring (bicyclic) bond motifs is 11. The van der Waals surface area contributed by atoms with Crippen molar-refractivity contribution in [2.24, 2.45) is 0 Å². The molecule has 172 valence electrons. The summed E-state index contributed by atoms with van der Waals surface area (Å²) >= 11 is 3.99. The minimum absolute atomic E-state index is 0.135. The summed E-state index contributed by atoms with van der Waals surface area (Å²) in [5.41, 5.74) is 11.5. The number of aromatic nitrogens is 1. The van der Waals surface area contributed by atoms with Crippen LogP contribution < -0.4 is 0 Å². The number of nitrogens with zero attached hydrogens (tertiary/aromatic N) is 1. The highest BCUT2D eigenvalue weighted by Crippen LogP contribution is 2.61. The van der Waals surface area contributed by atoms with Crippen LogP contribution in [0.2, 0.25) is 0 Å². The smallest absolute Gasteiger partial charge is 0.0748 e. The predicted molar refractivity (Wildman–Crippen MR) is 152 cm³/mol. The number of para-hydroxylation sites is 3. The van der Waals surface area contributed by atoms with Gasteiger partial charge in [-0.2, -0.15) is 0 Å². The third-order valence-corrected chi connectivity index (χ3v) is 9.36. The quantitative estimate of drug-likeness (QED) is 0.186. The molecule has 0 bridgehead atoms. The van der Waals surface area contributed by atoms with Crippen LogP contribution in [0.1, 0.15) is 47.2 Å². The molecule has 2 aliphatic rings. The van der Waals surface area contributed by atoms with Crippen LogP contribution in [0.3, 0.4) is 0 Å². The van der Waals surface area contributed by atoms with E-state index in [2.05, 4.69) is 144 Å². The van der Waals surface area contributed by atoms with E-state index in [1.807, 2.05) is 0 Å². The van der Waals surface area contributed by atoms with Gasteiger partial charge in [0.1, 0.15) is 0 Å². The maximum Gasteiger partial charge on any atom is 0.0748 e. The van der Waals surface area contributed by atoms with Gasteiger partial charge in [-0.15, -0.1) is 0 Å². The third kappa shape index (κ3) is 2.19. The van der Waals surface area contributed by atoms with Gasteiger partial charge in [0, 0.05) is 20.7 Å². The Hall–Kier alpha value is -3.62. The van der Waals surface area contributed by atoms with Gasteiger partial charge in [0.05, 0.1) is 22.1 Å². The summed E-state index contributed by atoms with van der Waals surface area (Å²) in [7, 11) is 0. The summed E-state index contributed by atoms with van der Waals surface area (Å²) < 4.78 is 3.68. The highest BCUT2D eigenvalue weighted by atomic mass is 79.9. The fourth-order valence-electron chi connectivity index (χ4n) is 7.39. The molecule has 6 aromatic rings. The largest absolute Gasteiger partial charge is 0.309 e. The molecule has 2 heteroatoms. The van der Waals surface area contributed by atoms with Crippen molar-refractivity contribution in [3.63, 3.8) is 0 Å². The molecule has 0 saturated carbocycles. The van der Waals surface area contributed by atoms with E-state index in [1.165, 1.54) is 65.3 Å². The first-order chi connectivity index (χ1) is 17.6. The Morgan fingerprint density at radius 1 is 0.556 bits per heavy atom. The molecule has 1 aromatic heterocycles. The van der Waals surface area contributed by atoms with E-state index in [4.69, 9.17) is 0 Å². The lowest BCUT2D eigenvalue weighted by Gasteiger charge is -2.50. The molecule has 2 heterocycles. The average Bonchev–Trinajstić information content (AvgIpc) is 3.24. The van der Waals surface area contributed by atoms with Gasteiger partial charge in [0.2, 0.25) is 0 Å². The van der Waals surface area contributed by atoms with E-state index in [9.17, 15) is 0 Å². The summed E-state index contributed by atoms with van der Waals surface area (Å²) in [5.74, 6) is 0. The highest BCUT2D eigenvalue weighted by molar-refractivity contribution is 9.10. The van der Waals surface area contributed by atoms with Crippen molar-refractivity contribution in [1.29, 1.82) is 0 Å². The van der Waals surface area contributed by atoms with Gasteiger partial charge < -0.3 is 4.57 Å². The molecular formula is C34H24BrN. The summed E-state index contributed by atoms with van der Waals surface area (Å²) in [4.78, 5) is 0. The summed E-state index contributed by atoms with van der Waals surface area (Å²) in [6.45, 7) is 4.74. The number of rotatable bonds is 0. The first kappa shape index (κ1) is 20.6. The predicted octanol–water partition coefficient (Wildman–Crippen LogP) is 8.88. The van der Waals surface area contributed by atoms with Crippen LogP contribution in [-0.2, 0) is 10.8 Å².